The fourth-order valence-corrected chi connectivity index (χ4v) is 3.07. The fraction of sp³-hybridized carbons (Fsp3) is 0.200. The molecule has 2 aromatic carbocycles. The molecule has 0 saturated heterocycles. The average Bonchev–Trinajstić information content (AvgIpc) is 3.17. The summed E-state index contributed by atoms with van der Waals surface area (Å²) >= 11 is 6.00. The number of rotatable bonds is 4. The predicted octanol–water partition coefficient (Wildman–Crippen LogP) is 4.04. The molecule has 3 aromatic rings. The monoisotopic (exact) mass is 384 g/mol. The summed E-state index contributed by atoms with van der Waals surface area (Å²) in [5, 5.41) is 4.49. The van der Waals surface area contributed by atoms with Crippen LogP contribution in [0.15, 0.2) is 53.1 Å². The number of carbonyl (C=O) groups excluding carboxylic acids is 1. The first-order valence-electron chi connectivity index (χ1n) is 8.47. The van der Waals surface area contributed by atoms with Gasteiger partial charge < -0.3 is 18.9 Å². The van der Waals surface area contributed by atoms with Gasteiger partial charge in [-0.2, -0.15) is 0 Å². The SMILES string of the molecule is CN(Cc1ccc2c(c1)OCCO2)C(=O)c1cc(-c2cccc(Cl)c2)on1. The Balaban J connectivity index is 1.48. The van der Waals surface area contributed by atoms with Crippen LogP contribution in [0, 0.1) is 0 Å². The van der Waals surface area contributed by atoms with Gasteiger partial charge in [-0.05, 0) is 29.8 Å². The lowest BCUT2D eigenvalue weighted by Crippen LogP contribution is -2.26. The molecule has 0 atom stereocenters. The van der Waals surface area contributed by atoms with Crippen molar-refractivity contribution in [1.29, 1.82) is 0 Å². The van der Waals surface area contributed by atoms with Crippen molar-refractivity contribution in [3.63, 3.8) is 0 Å². The van der Waals surface area contributed by atoms with E-state index in [0.717, 1.165) is 16.9 Å². The molecule has 4 rings (SSSR count). The fourth-order valence-electron chi connectivity index (χ4n) is 2.88. The van der Waals surface area contributed by atoms with E-state index in [1.807, 2.05) is 30.3 Å². The Morgan fingerprint density at radius 3 is 2.74 bits per heavy atom. The number of benzene rings is 2. The molecule has 1 aromatic heterocycles. The van der Waals surface area contributed by atoms with Gasteiger partial charge in [-0.15, -0.1) is 0 Å². The molecule has 1 amide bonds. The van der Waals surface area contributed by atoms with Gasteiger partial charge >= 0.3 is 0 Å². The predicted molar refractivity (Wildman–Crippen MR) is 100 cm³/mol. The van der Waals surface area contributed by atoms with E-state index in [4.69, 9.17) is 25.6 Å². The molecule has 1 aliphatic heterocycles. The quantitative estimate of drug-likeness (QED) is 0.679. The molecule has 0 spiro atoms. The van der Waals surface area contributed by atoms with Crippen molar-refractivity contribution in [2.45, 2.75) is 6.54 Å². The molecular formula is C20H17ClN2O4. The molecule has 0 radical (unpaired) electrons. The van der Waals surface area contributed by atoms with Crippen molar-refractivity contribution in [1.82, 2.24) is 10.1 Å². The normalized spacial score (nSPS) is 12.7. The third-order valence-corrected chi connectivity index (χ3v) is 4.45. The summed E-state index contributed by atoms with van der Waals surface area (Å²) in [6.45, 7) is 1.48. The van der Waals surface area contributed by atoms with Gasteiger partial charge in [-0.25, -0.2) is 0 Å². The number of aromatic nitrogens is 1. The van der Waals surface area contributed by atoms with Crippen molar-refractivity contribution >= 4 is 17.5 Å². The molecule has 0 saturated carbocycles. The van der Waals surface area contributed by atoms with E-state index in [1.165, 1.54) is 0 Å². The minimum absolute atomic E-state index is 0.234. The number of fused-ring (bicyclic) bond motifs is 1. The van der Waals surface area contributed by atoms with Crippen LogP contribution in [0.25, 0.3) is 11.3 Å². The number of nitrogens with zero attached hydrogens (tertiary/aromatic N) is 2. The average molecular weight is 385 g/mol. The number of halogens is 1. The van der Waals surface area contributed by atoms with Crippen LogP contribution in [0.4, 0.5) is 0 Å². The first kappa shape index (κ1) is 17.4. The van der Waals surface area contributed by atoms with Crippen LogP contribution in [-0.2, 0) is 6.54 Å². The van der Waals surface area contributed by atoms with Crippen molar-refractivity contribution < 1.29 is 18.8 Å². The topological polar surface area (TPSA) is 64.8 Å². The van der Waals surface area contributed by atoms with Crippen LogP contribution in [-0.4, -0.2) is 36.2 Å². The number of hydrogen-bond acceptors (Lipinski definition) is 5. The molecule has 0 fully saturated rings. The Morgan fingerprint density at radius 2 is 1.93 bits per heavy atom. The highest BCUT2D eigenvalue weighted by Crippen LogP contribution is 2.31. The molecule has 1 aliphatic rings. The Kier molecular flexibility index (Phi) is 4.73. The van der Waals surface area contributed by atoms with Crippen molar-refractivity contribution in [2.75, 3.05) is 20.3 Å². The lowest BCUT2D eigenvalue weighted by Gasteiger charge is -2.20. The Hall–Kier alpha value is -2.99. The van der Waals surface area contributed by atoms with Gasteiger partial charge in [0.25, 0.3) is 5.91 Å². The van der Waals surface area contributed by atoms with Crippen LogP contribution >= 0.6 is 11.6 Å². The van der Waals surface area contributed by atoms with Gasteiger partial charge in [0.1, 0.15) is 13.2 Å². The van der Waals surface area contributed by atoms with Crippen molar-refractivity contribution in [3.05, 3.63) is 64.8 Å². The summed E-state index contributed by atoms with van der Waals surface area (Å²) in [5.74, 6) is 1.68. The number of carbonyl (C=O) groups is 1. The molecule has 2 heterocycles. The van der Waals surface area contributed by atoms with E-state index in [9.17, 15) is 4.79 Å². The van der Waals surface area contributed by atoms with E-state index in [-0.39, 0.29) is 11.6 Å². The van der Waals surface area contributed by atoms with Gasteiger partial charge in [-0.3, -0.25) is 4.79 Å². The highest BCUT2D eigenvalue weighted by molar-refractivity contribution is 6.30. The largest absolute Gasteiger partial charge is 0.486 e. The highest BCUT2D eigenvalue weighted by Gasteiger charge is 2.19. The summed E-state index contributed by atoms with van der Waals surface area (Å²) < 4.78 is 16.4. The first-order valence-corrected chi connectivity index (χ1v) is 8.84. The first-order chi connectivity index (χ1) is 13.1. The molecule has 6 nitrogen and oxygen atoms in total. The maximum absolute atomic E-state index is 12.7. The Bertz CT molecular complexity index is 986. The number of amides is 1. The minimum Gasteiger partial charge on any atom is -0.486 e. The highest BCUT2D eigenvalue weighted by atomic mass is 35.5. The third kappa shape index (κ3) is 3.75. The third-order valence-electron chi connectivity index (χ3n) is 4.21. The van der Waals surface area contributed by atoms with E-state index in [1.54, 1.807) is 30.1 Å². The van der Waals surface area contributed by atoms with Crippen LogP contribution in [0.5, 0.6) is 11.5 Å². The van der Waals surface area contributed by atoms with Crippen LogP contribution in [0.2, 0.25) is 5.02 Å². The molecule has 138 valence electrons. The summed E-state index contributed by atoms with van der Waals surface area (Å²) in [5.41, 5.74) is 1.95. The summed E-state index contributed by atoms with van der Waals surface area (Å²) in [6.07, 6.45) is 0. The minimum atomic E-state index is -0.234. The lowest BCUT2D eigenvalue weighted by molar-refractivity contribution is 0.0774. The number of hydrogen-bond donors (Lipinski definition) is 0. The smallest absolute Gasteiger partial charge is 0.276 e. The summed E-state index contributed by atoms with van der Waals surface area (Å²) in [6, 6.07) is 14.5. The maximum Gasteiger partial charge on any atom is 0.276 e. The summed E-state index contributed by atoms with van der Waals surface area (Å²) in [7, 11) is 1.72. The molecule has 7 heteroatoms. The molecule has 0 aliphatic carbocycles. The van der Waals surface area contributed by atoms with Gasteiger partial charge in [-0.1, -0.05) is 35.0 Å². The molecule has 0 N–H and O–H groups in total. The molecule has 27 heavy (non-hydrogen) atoms. The van der Waals surface area contributed by atoms with Crippen molar-refractivity contribution in [2.24, 2.45) is 0 Å². The van der Waals surface area contributed by atoms with Gasteiger partial charge in [0, 0.05) is 30.2 Å². The number of ether oxygens (including phenoxy) is 2. The van der Waals surface area contributed by atoms with E-state index in [2.05, 4.69) is 5.16 Å². The van der Waals surface area contributed by atoms with Crippen LogP contribution in [0.3, 0.4) is 0 Å². The van der Waals surface area contributed by atoms with Gasteiger partial charge in [0.2, 0.25) is 0 Å². The lowest BCUT2D eigenvalue weighted by atomic mass is 10.1. The Morgan fingerprint density at radius 1 is 1.11 bits per heavy atom. The van der Waals surface area contributed by atoms with Crippen LogP contribution < -0.4 is 9.47 Å². The van der Waals surface area contributed by atoms with E-state index < -0.39 is 0 Å². The van der Waals surface area contributed by atoms with E-state index in [0.29, 0.717) is 36.3 Å². The maximum atomic E-state index is 12.7. The summed E-state index contributed by atoms with van der Waals surface area (Å²) in [4.78, 5) is 14.2. The van der Waals surface area contributed by atoms with Gasteiger partial charge in [0.15, 0.2) is 23.0 Å². The molecular weight excluding hydrogens is 368 g/mol. The molecule has 0 unspecified atom stereocenters. The van der Waals surface area contributed by atoms with Gasteiger partial charge in [0.05, 0.1) is 0 Å². The second-order valence-corrected chi connectivity index (χ2v) is 6.66. The zero-order valence-electron chi connectivity index (χ0n) is 14.6. The van der Waals surface area contributed by atoms with Crippen LogP contribution in [0.1, 0.15) is 16.1 Å². The second-order valence-electron chi connectivity index (χ2n) is 6.23. The Labute approximate surface area is 161 Å². The van der Waals surface area contributed by atoms with Crippen molar-refractivity contribution in [3.8, 4) is 22.8 Å². The standard InChI is InChI=1S/C20H17ClN2O4/c1-23(12-13-5-6-17-19(9-13)26-8-7-25-17)20(24)16-11-18(27-22-16)14-3-2-4-15(21)10-14/h2-6,9-11H,7-8,12H2,1H3. The zero-order chi connectivity index (χ0) is 18.8. The molecule has 0 bridgehead atoms. The van der Waals surface area contributed by atoms with E-state index >= 15 is 0 Å². The zero-order valence-corrected chi connectivity index (χ0v) is 15.4. The second kappa shape index (κ2) is 7.32.